The molecule has 0 spiro atoms. The minimum absolute atomic E-state index is 0.0244. The second-order valence-corrected chi connectivity index (χ2v) is 6.57. The fourth-order valence-electron chi connectivity index (χ4n) is 3.00. The van der Waals surface area contributed by atoms with Gasteiger partial charge in [-0.3, -0.25) is 4.68 Å². The van der Waals surface area contributed by atoms with Gasteiger partial charge in [0.2, 0.25) is 0 Å². The normalized spacial score (nSPS) is 12.8. The van der Waals surface area contributed by atoms with Crippen molar-refractivity contribution in [3.8, 4) is 0 Å². The monoisotopic (exact) mass is 325 g/mol. The molecule has 3 heterocycles. The average molecular weight is 325 g/mol. The summed E-state index contributed by atoms with van der Waals surface area (Å²) >= 11 is 0. The predicted molar refractivity (Wildman–Crippen MR) is 93.6 cm³/mol. The Morgan fingerprint density at radius 2 is 1.92 bits per heavy atom. The predicted octanol–water partition coefficient (Wildman–Crippen LogP) is 2.97. The lowest BCUT2D eigenvalue weighted by atomic mass is 10.0. The maximum absolute atomic E-state index is 4.52. The second-order valence-electron chi connectivity index (χ2n) is 6.57. The molecule has 0 bridgehead atoms. The van der Waals surface area contributed by atoms with Crippen molar-refractivity contribution >= 4 is 16.9 Å². The highest BCUT2D eigenvalue weighted by molar-refractivity contribution is 5.89. The summed E-state index contributed by atoms with van der Waals surface area (Å²) in [5.41, 5.74) is 2.78. The van der Waals surface area contributed by atoms with Gasteiger partial charge in [-0.1, -0.05) is 13.8 Å². The van der Waals surface area contributed by atoms with Gasteiger partial charge in [0.25, 0.3) is 0 Å². The highest BCUT2D eigenvalue weighted by atomic mass is 15.3. The Labute approximate surface area is 141 Å². The number of nitrogens with one attached hydrogen (secondary N) is 1. The first-order valence-electron chi connectivity index (χ1n) is 8.15. The van der Waals surface area contributed by atoms with Crippen molar-refractivity contribution < 1.29 is 0 Å². The van der Waals surface area contributed by atoms with Crippen LogP contribution in [0.2, 0.25) is 0 Å². The summed E-state index contributed by atoms with van der Waals surface area (Å²) in [5, 5.41) is 8.70. The number of anilines is 1. The molecule has 0 saturated carbocycles. The first kappa shape index (κ1) is 16.3. The van der Waals surface area contributed by atoms with Crippen LogP contribution in [0.25, 0.3) is 11.0 Å². The van der Waals surface area contributed by atoms with Gasteiger partial charge in [-0.25, -0.2) is 19.9 Å². The third kappa shape index (κ3) is 3.20. The van der Waals surface area contributed by atoms with E-state index in [4.69, 9.17) is 0 Å². The van der Waals surface area contributed by atoms with Crippen LogP contribution in [0.5, 0.6) is 0 Å². The third-order valence-corrected chi connectivity index (χ3v) is 4.01. The summed E-state index contributed by atoms with van der Waals surface area (Å²) in [6.07, 6.45) is 4.06. The van der Waals surface area contributed by atoms with E-state index in [9.17, 15) is 0 Å². The highest BCUT2D eigenvalue weighted by Crippen LogP contribution is 2.28. The van der Waals surface area contributed by atoms with Crippen molar-refractivity contribution in [2.45, 2.75) is 40.2 Å². The Kier molecular flexibility index (Phi) is 4.42. The number of aryl methyl sites for hydroxylation is 3. The fourth-order valence-corrected chi connectivity index (χ4v) is 3.00. The molecule has 0 aromatic carbocycles. The number of hydrogen-bond donors (Lipinski definition) is 1. The summed E-state index contributed by atoms with van der Waals surface area (Å²) in [6.45, 7) is 8.42. The molecule has 0 saturated heterocycles. The van der Waals surface area contributed by atoms with E-state index in [1.54, 1.807) is 17.3 Å². The highest BCUT2D eigenvalue weighted by Gasteiger charge is 2.20. The zero-order valence-electron chi connectivity index (χ0n) is 14.8. The van der Waals surface area contributed by atoms with E-state index in [1.807, 2.05) is 14.0 Å². The van der Waals surface area contributed by atoms with Gasteiger partial charge in [0.1, 0.15) is 24.3 Å². The number of aromatic nitrogens is 6. The van der Waals surface area contributed by atoms with Gasteiger partial charge in [-0.05, 0) is 37.8 Å². The van der Waals surface area contributed by atoms with Crippen molar-refractivity contribution in [1.82, 2.24) is 29.7 Å². The molecule has 24 heavy (non-hydrogen) atoms. The molecule has 0 radical (unpaired) electrons. The summed E-state index contributed by atoms with van der Waals surface area (Å²) in [6, 6.07) is 2.08. The molecule has 7 nitrogen and oxygen atoms in total. The van der Waals surface area contributed by atoms with Crippen LogP contribution >= 0.6 is 0 Å². The quantitative estimate of drug-likeness (QED) is 0.776. The first-order valence-corrected chi connectivity index (χ1v) is 8.15. The average Bonchev–Trinajstić information content (AvgIpc) is 2.91. The molecule has 0 aliphatic heterocycles. The standard InChI is InChI=1S/C17H23N7/c1-10(2)6-13(17-20-9-21-24(17)5)23-16-14-11(3)7-12(4)22-15(14)18-8-19-16/h7-10,13H,6H2,1-5H3,(H,18,19,22,23)/t13-/m0/s1. The molecule has 0 amide bonds. The van der Waals surface area contributed by atoms with Gasteiger partial charge >= 0.3 is 0 Å². The molecule has 3 aromatic rings. The van der Waals surface area contributed by atoms with Gasteiger partial charge in [0, 0.05) is 12.7 Å². The zero-order valence-corrected chi connectivity index (χ0v) is 14.8. The molecule has 3 aromatic heterocycles. The molecule has 0 unspecified atom stereocenters. The van der Waals surface area contributed by atoms with Crippen molar-refractivity contribution in [3.05, 3.63) is 35.8 Å². The number of pyridine rings is 1. The molecule has 1 N–H and O–H groups in total. The van der Waals surface area contributed by atoms with Crippen LogP contribution in [0.3, 0.4) is 0 Å². The Bertz CT molecular complexity index is 853. The third-order valence-electron chi connectivity index (χ3n) is 4.01. The molecule has 7 heteroatoms. The maximum atomic E-state index is 4.52. The van der Waals surface area contributed by atoms with E-state index in [1.165, 1.54) is 0 Å². The lowest BCUT2D eigenvalue weighted by Gasteiger charge is -2.21. The minimum Gasteiger partial charge on any atom is -0.359 e. The zero-order chi connectivity index (χ0) is 17.3. The van der Waals surface area contributed by atoms with E-state index in [0.29, 0.717) is 11.6 Å². The molecule has 3 rings (SSSR count). The van der Waals surface area contributed by atoms with Crippen LogP contribution in [-0.4, -0.2) is 29.7 Å². The Balaban J connectivity index is 2.04. The van der Waals surface area contributed by atoms with Crippen LogP contribution < -0.4 is 5.32 Å². The van der Waals surface area contributed by atoms with Gasteiger partial charge in [0.15, 0.2) is 5.65 Å². The molecule has 126 valence electrons. The van der Waals surface area contributed by atoms with Crippen molar-refractivity contribution in [3.63, 3.8) is 0 Å². The van der Waals surface area contributed by atoms with Gasteiger partial charge in [0.05, 0.1) is 11.4 Å². The number of nitrogens with zero attached hydrogens (tertiary/aromatic N) is 6. The first-order chi connectivity index (χ1) is 11.5. The molecule has 0 aliphatic rings. The molecular weight excluding hydrogens is 302 g/mol. The van der Waals surface area contributed by atoms with Crippen LogP contribution in [-0.2, 0) is 7.05 Å². The van der Waals surface area contributed by atoms with Crippen molar-refractivity contribution in [2.75, 3.05) is 5.32 Å². The van der Waals surface area contributed by atoms with Gasteiger partial charge < -0.3 is 5.32 Å². The fraction of sp³-hybridized carbons (Fsp3) is 0.471. The van der Waals surface area contributed by atoms with Crippen LogP contribution in [0.4, 0.5) is 5.82 Å². The van der Waals surface area contributed by atoms with E-state index in [2.05, 4.69) is 57.2 Å². The summed E-state index contributed by atoms with van der Waals surface area (Å²) in [7, 11) is 1.91. The minimum atomic E-state index is 0.0244. The second kappa shape index (κ2) is 6.51. The topological polar surface area (TPSA) is 81.4 Å². The lowest BCUT2D eigenvalue weighted by molar-refractivity contribution is 0.498. The SMILES string of the molecule is Cc1cc(C)c2c(N[C@@H](CC(C)C)c3ncnn3C)ncnc2n1. The van der Waals surface area contributed by atoms with E-state index in [0.717, 1.165) is 34.7 Å². The van der Waals surface area contributed by atoms with Crippen molar-refractivity contribution in [2.24, 2.45) is 13.0 Å². The Morgan fingerprint density at radius 3 is 2.58 bits per heavy atom. The maximum Gasteiger partial charge on any atom is 0.165 e. The van der Waals surface area contributed by atoms with Crippen LogP contribution in [0.1, 0.15) is 43.4 Å². The molecule has 0 aliphatic carbocycles. The molecule has 1 atom stereocenters. The lowest BCUT2D eigenvalue weighted by Crippen LogP contribution is -2.19. The van der Waals surface area contributed by atoms with E-state index < -0.39 is 0 Å². The van der Waals surface area contributed by atoms with Crippen molar-refractivity contribution in [1.29, 1.82) is 0 Å². The van der Waals surface area contributed by atoms with E-state index in [-0.39, 0.29) is 6.04 Å². The number of hydrogen-bond acceptors (Lipinski definition) is 6. The Hall–Kier alpha value is -2.57. The molecular formula is C17H23N7. The van der Waals surface area contributed by atoms with Crippen LogP contribution in [0.15, 0.2) is 18.7 Å². The molecule has 0 fully saturated rings. The summed E-state index contributed by atoms with van der Waals surface area (Å²) in [4.78, 5) is 17.7. The Morgan fingerprint density at radius 1 is 1.12 bits per heavy atom. The smallest absolute Gasteiger partial charge is 0.165 e. The summed E-state index contributed by atoms with van der Waals surface area (Å²) in [5.74, 6) is 2.20. The largest absolute Gasteiger partial charge is 0.359 e. The summed E-state index contributed by atoms with van der Waals surface area (Å²) < 4.78 is 1.80. The van der Waals surface area contributed by atoms with Gasteiger partial charge in [-0.2, -0.15) is 5.10 Å². The van der Waals surface area contributed by atoms with Gasteiger partial charge in [-0.15, -0.1) is 0 Å². The van der Waals surface area contributed by atoms with E-state index >= 15 is 0 Å². The number of fused-ring (bicyclic) bond motifs is 1. The number of rotatable bonds is 5. The van der Waals surface area contributed by atoms with Crippen LogP contribution in [0, 0.1) is 19.8 Å².